The lowest BCUT2D eigenvalue weighted by molar-refractivity contribution is -0.137. The molecule has 0 aliphatic carbocycles. The number of hydrogen-bond acceptors (Lipinski definition) is 3. The first kappa shape index (κ1) is 13.6. The highest BCUT2D eigenvalue weighted by molar-refractivity contribution is 5.50. The molecule has 1 rings (SSSR count). The van der Waals surface area contributed by atoms with Gasteiger partial charge in [0.1, 0.15) is 11.5 Å². The minimum absolute atomic E-state index is 0.00437. The van der Waals surface area contributed by atoms with Gasteiger partial charge in [0.2, 0.25) is 0 Å². The Morgan fingerprint density at radius 2 is 2.00 bits per heavy atom. The van der Waals surface area contributed by atoms with E-state index in [1.807, 2.05) is 0 Å². The number of ether oxygens (including phenoxy) is 1. The summed E-state index contributed by atoms with van der Waals surface area (Å²) >= 11 is 0. The topological polar surface area (TPSA) is 55.5 Å². The Bertz CT molecular complexity index is 404. The van der Waals surface area contributed by atoms with Crippen LogP contribution >= 0.6 is 0 Å². The highest BCUT2D eigenvalue weighted by atomic mass is 19.4. The fourth-order valence-electron chi connectivity index (χ4n) is 1.56. The SMILES string of the molecule is COc1cc(C(F)(F)F)cc(O)c1C(C)CN. The molecule has 0 saturated heterocycles. The summed E-state index contributed by atoms with van der Waals surface area (Å²) in [5, 5.41) is 9.63. The van der Waals surface area contributed by atoms with Crippen molar-refractivity contribution in [2.75, 3.05) is 13.7 Å². The van der Waals surface area contributed by atoms with Gasteiger partial charge in [0.05, 0.1) is 12.7 Å². The number of alkyl halides is 3. The molecule has 0 heterocycles. The Hall–Kier alpha value is -1.43. The lowest BCUT2D eigenvalue weighted by atomic mass is 9.97. The van der Waals surface area contributed by atoms with Crippen molar-refractivity contribution >= 4 is 0 Å². The van der Waals surface area contributed by atoms with Crippen molar-refractivity contribution in [2.45, 2.75) is 19.0 Å². The van der Waals surface area contributed by atoms with Crippen molar-refractivity contribution in [1.29, 1.82) is 0 Å². The van der Waals surface area contributed by atoms with Crippen LogP contribution in [0.25, 0.3) is 0 Å². The van der Waals surface area contributed by atoms with E-state index in [-0.39, 0.29) is 18.2 Å². The number of halogens is 3. The summed E-state index contributed by atoms with van der Waals surface area (Å²) < 4.78 is 42.4. The minimum Gasteiger partial charge on any atom is -0.508 e. The monoisotopic (exact) mass is 249 g/mol. The molecule has 17 heavy (non-hydrogen) atoms. The zero-order valence-electron chi connectivity index (χ0n) is 9.51. The average Bonchev–Trinajstić information content (AvgIpc) is 2.25. The highest BCUT2D eigenvalue weighted by Crippen LogP contribution is 2.40. The highest BCUT2D eigenvalue weighted by Gasteiger charge is 2.33. The molecule has 0 aliphatic rings. The van der Waals surface area contributed by atoms with Crippen LogP contribution in [0, 0.1) is 0 Å². The first-order valence-corrected chi connectivity index (χ1v) is 4.99. The van der Waals surface area contributed by atoms with Crippen molar-refractivity contribution in [3.8, 4) is 11.5 Å². The van der Waals surface area contributed by atoms with Gasteiger partial charge < -0.3 is 15.6 Å². The molecule has 0 radical (unpaired) electrons. The average molecular weight is 249 g/mol. The Kier molecular flexibility index (Phi) is 3.87. The van der Waals surface area contributed by atoms with E-state index in [0.717, 1.165) is 6.07 Å². The second kappa shape index (κ2) is 4.83. The smallest absolute Gasteiger partial charge is 0.416 e. The number of hydrogen-bond donors (Lipinski definition) is 2. The second-order valence-corrected chi connectivity index (χ2v) is 3.75. The zero-order valence-corrected chi connectivity index (χ0v) is 9.51. The first-order chi connectivity index (χ1) is 7.81. The Labute approximate surface area is 97.0 Å². The molecule has 1 aromatic rings. The first-order valence-electron chi connectivity index (χ1n) is 4.99. The molecule has 0 aromatic heterocycles. The summed E-state index contributed by atoms with van der Waals surface area (Å²) in [6, 6.07) is 1.55. The van der Waals surface area contributed by atoms with Gasteiger partial charge in [-0.25, -0.2) is 0 Å². The largest absolute Gasteiger partial charge is 0.508 e. The van der Waals surface area contributed by atoms with E-state index in [4.69, 9.17) is 10.5 Å². The fourth-order valence-corrected chi connectivity index (χ4v) is 1.56. The Morgan fingerprint density at radius 1 is 1.41 bits per heavy atom. The van der Waals surface area contributed by atoms with Crippen LogP contribution in [0.4, 0.5) is 13.2 Å². The quantitative estimate of drug-likeness (QED) is 0.865. The molecule has 0 aliphatic heterocycles. The molecular weight excluding hydrogens is 235 g/mol. The van der Waals surface area contributed by atoms with Gasteiger partial charge in [0, 0.05) is 11.5 Å². The maximum atomic E-state index is 12.5. The van der Waals surface area contributed by atoms with E-state index >= 15 is 0 Å². The van der Waals surface area contributed by atoms with E-state index < -0.39 is 17.5 Å². The summed E-state index contributed by atoms with van der Waals surface area (Å²) in [6.45, 7) is 1.90. The van der Waals surface area contributed by atoms with Crippen LogP contribution in [-0.2, 0) is 6.18 Å². The van der Waals surface area contributed by atoms with E-state index in [2.05, 4.69) is 0 Å². The molecule has 0 amide bonds. The molecular formula is C11H14F3NO2. The number of nitrogens with two attached hydrogens (primary N) is 1. The van der Waals surface area contributed by atoms with Gasteiger partial charge in [-0.2, -0.15) is 13.2 Å². The predicted octanol–water partition coefficient (Wildman–Crippen LogP) is 2.48. The number of benzene rings is 1. The maximum absolute atomic E-state index is 12.5. The maximum Gasteiger partial charge on any atom is 0.416 e. The molecule has 3 nitrogen and oxygen atoms in total. The number of rotatable bonds is 3. The Morgan fingerprint density at radius 3 is 2.41 bits per heavy atom. The Balaban J connectivity index is 3.36. The predicted molar refractivity (Wildman–Crippen MR) is 57.1 cm³/mol. The summed E-state index contributed by atoms with van der Waals surface area (Å²) in [7, 11) is 1.25. The molecule has 1 atom stereocenters. The van der Waals surface area contributed by atoms with Crippen LogP contribution < -0.4 is 10.5 Å². The molecule has 0 spiro atoms. The van der Waals surface area contributed by atoms with Crippen molar-refractivity contribution in [3.63, 3.8) is 0 Å². The molecule has 0 fully saturated rings. The van der Waals surface area contributed by atoms with Crippen LogP contribution in [0.5, 0.6) is 11.5 Å². The van der Waals surface area contributed by atoms with Crippen molar-refractivity contribution in [1.82, 2.24) is 0 Å². The van der Waals surface area contributed by atoms with Crippen LogP contribution in [0.2, 0.25) is 0 Å². The van der Waals surface area contributed by atoms with Gasteiger partial charge in [-0.1, -0.05) is 6.92 Å². The van der Waals surface area contributed by atoms with Gasteiger partial charge in [0.15, 0.2) is 0 Å². The van der Waals surface area contributed by atoms with Crippen molar-refractivity contribution in [2.24, 2.45) is 5.73 Å². The summed E-state index contributed by atoms with van der Waals surface area (Å²) in [4.78, 5) is 0. The van der Waals surface area contributed by atoms with Gasteiger partial charge in [-0.15, -0.1) is 0 Å². The third-order valence-corrected chi connectivity index (χ3v) is 2.51. The molecule has 0 bridgehead atoms. The van der Waals surface area contributed by atoms with Crippen molar-refractivity contribution < 1.29 is 23.0 Å². The fraction of sp³-hybridized carbons (Fsp3) is 0.455. The lowest BCUT2D eigenvalue weighted by Crippen LogP contribution is -2.12. The number of aromatic hydroxyl groups is 1. The van der Waals surface area contributed by atoms with Gasteiger partial charge in [0.25, 0.3) is 0 Å². The lowest BCUT2D eigenvalue weighted by Gasteiger charge is -2.18. The molecule has 1 aromatic carbocycles. The van der Waals surface area contributed by atoms with Gasteiger partial charge >= 0.3 is 6.18 Å². The number of methoxy groups -OCH3 is 1. The summed E-state index contributed by atoms with van der Waals surface area (Å²) in [6.07, 6.45) is -4.52. The summed E-state index contributed by atoms with van der Waals surface area (Å²) in [5.74, 6) is -0.739. The normalized spacial score (nSPS) is 13.5. The van der Waals surface area contributed by atoms with E-state index in [1.54, 1.807) is 6.92 Å². The number of phenols is 1. The van der Waals surface area contributed by atoms with Crippen LogP contribution in [-0.4, -0.2) is 18.8 Å². The van der Waals surface area contributed by atoms with Gasteiger partial charge in [-0.3, -0.25) is 0 Å². The second-order valence-electron chi connectivity index (χ2n) is 3.75. The third-order valence-electron chi connectivity index (χ3n) is 2.51. The van der Waals surface area contributed by atoms with Crippen LogP contribution in [0.3, 0.4) is 0 Å². The zero-order chi connectivity index (χ0) is 13.2. The van der Waals surface area contributed by atoms with E-state index in [9.17, 15) is 18.3 Å². The van der Waals surface area contributed by atoms with Crippen LogP contribution in [0.1, 0.15) is 24.0 Å². The molecule has 96 valence electrons. The van der Waals surface area contributed by atoms with E-state index in [1.165, 1.54) is 7.11 Å². The summed E-state index contributed by atoms with van der Waals surface area (Å²) in [5.41, 5.74) is 4.78. The molecule has 1 unspecified atom stereocenters. The standard InChI is InChI=1S/C11H14F3NO2/c1-6(5-15)10-8(16)3-7(11(12,13)14)4-9(10)17-2/h3-4,6,16H,5,15H2,1-2H3. The van der Waals surface area contributed by atoms with Crippen molar-refractivity contribution in [3.05, 3.63) is 23.3 Å². The molecule has 3 N–H and O–H groups in total. The molecule has 0 saturated carbocycles. The minimum atomic E-state index is -4.52. The van der Waals surface area contributed by atoms with Crippen LogP contribution in [0.15, 0.2) is 12.1 Å². The molecule has 6 heteroatoms. The third kappa shape index (κ3) is 2.82. The number of phenolic OH excluding ortho intramolecular Hbond substituents is 1. The van der Waals surface area contributed by atoms with Gasteiger partial charge in [-0.05, 0) is 18.7 Å². The van der Waals surface area contributed by atoms with E-state index in [0.29, 0.717) is 11.6 Å².